The van der Waals surface area contributed by atoms with Crippen molar-refractivity contribution in [3.8, 4) is 11.1 Å². The number of amides is 1. The third-order valence-corrected chi connectivity index (χ3v) is 4.35. The Hall–Kier alpha value is -3.03. The van der Waals surface area contributed by atoms with E-state index in [1.54, 1.807) is 25.3 Å². The summed E-state index contributed by atoms with van der Waals surface area (Å²) in [5.41, 5.74) is 6.27. The normalized spacial score (nSPS) is 13.0. The highest BCUT2D eigenvalue weighted by Gasteiger charge is 2.27. The van der Waals surface area contributed by atoms with Gasteiger partial charge in [0.15, 0.2) is 0 Å². The van der Waals surface area contributed by atoms with Crippen LogP contribution in [-0.4, -0.2) is 32.2 Å². The van der Waals surface area contributed by atoms with Gasteiger partial charge in [-0.2, -0.15) is 9.49 Å². The van der Waals surface area contributed by atoms with Gasteiger partial charge in [0.1, 0.15) is 5.67 Å². The van der Waals surface area contributed by atoms with E-state index < -0.39 is 23.6 Å². The lowest BCUT2D eigenvalue weighted by Gasteiger charge is -2.26. The number of carbonyl (C=O) groups excluding carboxylic acids is 1. The van der Waals surface area contributed by atoms with Crippen molar-refractivity contribution in [2.24, 2.45) is 5.73 Å². The molecule has 0 spiro atoms. The van der Waals surface area contributed by atoms with E-state index in [-0.39, 0.29) is 5.56 Å². The van der Waals surface area contributed by atoms with Crippen LogP contribution in [0.1, 0.15) is 31.1 Å². The van der Waals surface area contributed by atoms with Crippen LogP contribution in [0.3, 0.4) is 0 Å². The Bertz CT molecular complexity index is 977. The van der Waals surface area contributed by atoms with Gasteiger partial charge in [0.05, 0.1) is 29.0 Å². The Morgan fingerprint density at radius 1 is 1.35 bits per heavy atom. The van der Waals surface area contributed by atoms with Gasteiger partial charge in [-0.1, -0.05) is 0 Å². The average molecular weight is 359 g/mol. The highest BCUT2D eigenvalue weighted by molar-refractivity contribution is 6.02. The molecule has 0 saturated carbocycles. The average Bonchev–Trinajstić information content (AvgIpc) is 2.98. The van der Waals surface area contributed by atoms with Gasteiger partial charge in [0.2, 0.25) is 5.95 Å². The summed E-state index contributed by atoms with van der Waals surface area (Å²) in [6.45, 7) is 4.55. The Kier molecular flexibility index (Phi) is 4.35. The second-order valence-electron chi connectivity index (χ2n) is 6.65. The van der Waals surface area contributed by atoms with Crippen molar-refractivity contribution in [2.45, 2.75) is 32.5 Å². The fourth-order valence-corrected chi connectivity index (χ4v) is 2.52. The number of rotatable bonds is 5. The lowest BCUT2D eigenvalue weighted by atomic mass is 10.0. The van der Waals surface area contributed by atoms with E-state index in [1.807, 2.05) is 0 Å². The minimum Gasteiger partial charge on any atom is -0.377 e. The number of carbonyl (C=O) groups is 1. The van der Waals surface area contributed by atoms with Crippen LogP contribution in [0.25, 0.3) is 16.6 Å². The number of aromatic nitrogens is 3. The van der Waals surface area contributed by atoms with Gasteiger partial charge in [0.25, 0.3) is 5.91 Å². The molecule has 0 aliphatic rings. The molecule has 0 aliphatic heterocycles. The number of primary amides is 1. The summed E-state index contributed by atoms with van der Waals surface area (Å²) in [6, 6.07) is 4.09. The Labute approximate surface area is 149 Å². The third-order valence-electron chi connectivity index (χ3n) is 4.35. The first-order valence-corrected chi connectivity index (χ1v) is 8.05. The molecule has 0 aliphatic carbocycles. The van der Waals surface area contributed by atoms with Crippen LogP contribution >= 0.6 is 0 Å². The second kappa shape index (κ2) is 6.36. The van der Waals surface area contributed by atoms with Crippen molar-refractivity contribution in [1.82, 2.24) is 14.6 Å². The summed E-state index contributed by atoms with van der Waals surface area (Å²) in [7, 11) is 0. The molecule has 8 heteroatoms. The summed E-state index contributed by atoms with van der Waals surface area (Å²) in [5.74, 6) is -1.28. The van der Waals surface area contributed by atoms with Gasteiger partial charge in [0, 0.05) is 24.0 Å². The maximum atomic E-state index is 14.3. The molecule has 26 heavy (non-hydrogen) atoms. The van der Waals surface area contributed by atoms with E-state index in [4.69, 9.17) is 5.73 Å². The monoisotopic (exact) mass is 359 g/mol. The van der Waals surface area contributed by atoms with Crippen LogP contribution in [0.15, 0.2) is 36.8 Å². The fraction of sp³-hybridized carbons (Fsp3) is 0.278. The smallest absolute Gasteiger partial charge is 0.252 e. The number of hydrogen-bond acceptors (Lipinski definition) is 4. The SMILES string of the molecule is C[C@@H](Nc1c(C(N)=O)cnn2cc(-c3ccnc(F)c3)cc12)C(C)(C)F. The Morgan fingerprint density at radius 2 is 2.08 bits per heavy atom. The van der Waals surface area contributed by atoms with E-state index >= 15 is 0 Å². The topological polar surface area (TPSA) is 85.3 Å². The van der Waals surface area contributed by atoms with Crippen LogP contribution in [0.2, 0.25) is 0 Å². The molecule has 1 amide bonds. The van der Waals surface area contributed by atoms with Crippen LogP contribution < -0.4 is 11.1 Å². The lowest BCUT2D eigenvalue weighted by molar-refractivity contribution is 0.1000. The number of nitrogens with one attached hydrogen (secondary N) is 1. The van der Waals surface area contributed by atoms with Crippen LogP contribution in [0.4, 0.5) is 14.5 Å². The first kappa shape index (κ1) is 17.8. The molecule has 3 aromatic rings. The predicted octanol–water partition coefficient (Wildman–Crippen LogP) is 3.18. The highest BCUT2D eigenvalue weighted by Crippen LogP contribution is 2.30. The molecular formula is C18H19F2N5O. The van der Waals surface area contributed by atoms with Crippen molar-refractivity contribution >= 4 is 17.1 Å². The quantitative estimate of drug-likeness (QED) is 0.685. The van der Waals surface area contributed by atoms with Crippen molar-refractivity contribution < 1.29 is 13.6 Å². The van der Waals surface area contributed by atoms with Crippen LogP contribution in [0, 0.1) is 5.95 Å². The zero-order valence-electron chi connectivity index (χ0n) is 14.6. The summed E-state index contributed by atoms with van der Waals surface area (Å²) in [4.78, 5) is 15.3. The van der Waals surface area contributed by atoms with Crippen molar-refractivity contribution in [3.63, 3.8) is 0 Å². The highest BCUT2D eigenvalue weighted by atomic mass is 19.1. The van der Waals surface area contributed by atoms with Gasteiger partial charge in [-0.3, -0.25) is 4.79 Å². The molecule has 0 bridgehead atoms. The van der Waals surface area contributed by atoms with Gasteiger partial charge < -0.3 is 11.1 Å². The number of fused-ring (bicyclic) bond motifs is 1. The van der Waals surface area contributed by atoms with E-state index in [0.717, 1.165) is 0 Å². The van der Waals surface area contributed by atoms with E-state index in [1.165, 1.54) is 36.8 Å². The predicted molar refractivity (Wildman–Crippen MR) is 95.2 cm³/mol. The molecule has 0 saturated heterocycles. The van der Waals surface area contributed by atoms with Crippen LogP contribution in [0.5, 0.6) is 0 Å². The Morgan fingerprint density at radius 3 is 2.69 bits per heavy atom. The standard InChI is InChI=1S/C18H19F2N5O/c1-10(18(2,3)20)24-16-13(17(21)26)8-23-25-9-12(6-14(16)25)11-4-5-22-15(19)7-11/h4-10,24H,1-3H3,(H2,21,26)/t10-/m1/s1. The molecule has 3 aromatic heterocycles. The first-order valence-electron chi connectivity index (χ1n) is 8.05. The zero-order chi connectivity index (χ0) is 19.1. The number of halogens is 2. The van der Waals surface area contributed by atoms with Gasteiger partial charge >= 0.3 is 0 Å². The Balaban J connectivity index is 2.16. The molecule has 3 N–H and O–H groups in total. The van der Waals surface area contributed by atoms with Gasteiger partial charge in [-0.05, 0) is 38.5 Å². The van der Waals surface area contributed by atoms with Gasteiger partial charge in [-0.15, -0.1) is 0 Å². The van der Waals surface area contributed by atoms with E-state index in [0.29, 0.717) is 22.3 Å². The summed E-state index contributed by atoms with van der Waals surface area (Å²) in [5, 5.41) is 7.20. The second-order valence-corrected chi connectivity index (χ2v) is 6.65. The molecule has 0 radical (unpaired) electrons. The minimum absolute atomic E-state index is 0.152. The summed E-state index contributed by atoms with van der Waals surface area (Å²) >= 11 is 0. The first-order chi connectivity index (χ1) is 12.2. The molecule has 0 aromatic carbocycles. The van der Waals surface area contributed by atoms with E-state index in [9.17, 15) is 13.6 Å². The molecular weight excluding hydrogens is 340 g/mol. The maximum Gasteiger partial charge on any atom is 0.252 e. The number of nitrogens with zero attached hydrogens (tertiary/aromatic N) is 3. The van der Waals surface area contributed by atoms with Crippen molar-refractivity contribution in [2.75, 3.05) is 5.32 Å². The lowest BCUT2D eigenvalue weighted by Crippen LogP contribution is -2.36. The molecule has 6 nitrogen and oxygen atoms in total. The molecule has 136 valence electrons. The van der Waals surface area contributed by atoms with Crippen molar-refractivity contribution in [1.29, 1.82) is 0 Å². The van der Waals surface area contributed by atoms with Crippen molar-refractivity contribution in [3.05, 3.63) is 48.3 Å². The summed E-state index contributed by atoms with van der Waals surface area (Å²) in [6.07, 6.45) is 4.37. The third kappa shape index (κ3) is 3.35. The minimum atomic E-state index is -1.53. The number of nitrogens with two attached hydrogens (primary N) is 1. The van der Waals surface area contributed by atoms with E-state index in [2.05, 4.69) is 15.4 Å². The molecule has 0 unspecified atom stereocenters. The molecule has 3 rings (SSSR count). The maximum absolute atomic E-state index is 14.3. The molecule has 0 fully saturated rings. The largest absolute Gasteiger partial charge is 0.377 e. The summed E-state index contributed by atoms with van der Waals surface area (Å²) < 4.78 is 29.2. The molecule has 1 atom stereocenters. The van der Waals surface area contributed by atoms with Gasteiger partial charge in [-0.25, -0.2) is 13.9 Å². The van der Waals surface area contributed by atoms with Crippen LogP contribution in [-0.2, 0) is 0 Å². The zero-order valence-corrected chi connectivity index (χ0v) is 14.6. The number of alkyl halides is 1. The fourth-order valence-electron chi connectivity index (χ4n) is 2.52. The molecule has 3 heterocycles. The number of anilines is 1. The number of pyridine rings is 1. The number of hydrogen-bond donors (Lipinski definition) is 2.